The average Bonchev–Trinajstić information content (AvgIpc) is 2.87. The van der Waals surface area contributed by atoms with Crippen LogP contribution in [0.5, 0.6) is 11.5 Å². The molecule has 0 radical (unpaired) electrons. The lowest BCUT2D eigenvalue weighted by Crippen LogP contribution is -2.23. The third-order valence-electron chi connectivity index (χ3n) is 5.43. The van der Waals surface area contributed by atoms with E-state index in [2.05, 4.69) is 10.2 Å². The highest BCUT2D eigenvalue weighted by atomic mass is 31.1. The van der Waals surface area contributed by atoms with Gasteiger partial charge in [-0.25, -0.2) is 0 Å². The molecule has 8 heteroatoms. The van der Waals surface area contributed by atoms with Gasteiger partial charge in [-0.2, -0.15) is 0 Å². The van der Waals surface area contributed by atoms with Crippen molar-refractivity contribution in [1.82, 2.24) is 10.2 Å². The number of phenolic OH excluding ortho intramolecular Hbond substituents is 2. The molecule has 4 aromatic carbocycles. The SMILES string of the molecule is O=[PH](NCCN[PH](=O)c1ccccc1-c1ccccc1O)c1ccccc1-c1ccccc1O. The average molecular weight is 492 g/mol. The molecule has 6 nitrogen and oxygen atoms in total. The fraction of sp³-hybridized carbons (Fsp3) is 0.0769. The van der Waals surface area contributed by atoms with Crippen molar-refractivity contribution in [2.24, 2.45) is 0 Å². The van der Waals surface area contributed by atoms with Crippen molar-refractivity contribution in [2.45, 2.75) is 0 Å². The van der Waals surface area contributed by atoms with Crippen LogP contribution in [-0.4, -0.2) is 23.3 Å². The van der Waals surface area contributed by atoms with E-state index in [0.717, 1.165) is 11.1 Å². The lowest BCUT2D eigenvalue weighted by molar-refractivity contribution is 0.477. The smallest absolute Gasteiger partial charge is 0.165 e. The Labute approximate surface area is 200 Å². The van der Waals surface area contributed by atoms with Crippen molar-refractivity contribution in [1.29, 1.82) is 0 Å². The zero-order valence-electron chi connectivity index (χ0n) is 18.4. The van der Waals surface area contributed by atoms with Gasteiger partial charge in [0.05, 0.1) is 0 Å². The molecule has 174 valence electrons. The van der Waals surface area contributed by atoms with E-state index in [1.807, 2.05) is 48.5 Å². The van der Waals surface area contributed by atoms with Crippen LogP contribution in [-0.2, 0) is 9.13 Å². The quantitative estimate of drug-likeness (QED) is 0.203. The molecule has 0 aromatic heterocycles. The molecular formula is C26H26N2O4P2. The number of hydrogen-bond acceptors (Lipinski definition) is 4. The Kier molecular flexibility index (Phi) is 7.99. The zero-order valence-corrected chi connectivity index (χ0v) is 20.4. The van der Waals surface area contributed by atoms with E-state index in [4.69, 9.17) is 0 Å². The van der Waals surface area contributed by atoms with Gasteiger partial charge in [0.1, 0.15) is 11.5 Å². The minimum Gasteiger partial charge on any atom is -0.507 e. The number of para-hydroxylation sites is 2. The number of benzene rings is 4. The van der Waals surface area contributed by atoms with Crippen LogP contribution in [0.3, 0.4) is 0 Å². The van der Waals surface area contributed by atoms with Gasteiger partial charge in [-0.3, -0.25) is 10.2 Å². The lowest BCUT2D eigenvalue weighted by Gasteiger charge is -2.14. The van der Waals surface area contributed by atoms with Crippen LogP contribution < -0.4 is 20.8 Å². The first kappa shape index (κ1) is 24.0. The summed E-state index contributed by atoms with van der Waals surface area (Å²) in [6.45, 7) is 0.699. The third-order valence-corrected chi connectivity index (χ3v) is 8.42. The Hall–Kier alpha value is -3.14. The number of nitrogens with one attached hydrogen (secondary N) is 2. The molecule has 0 aliphatic heterocycles. The molecule has 0 heterocycles. The zero-order chi connectivity index (χ0) is 23.9. The Morgan fingerprint density at radius 1 is 0.500 bits per heavy atom. The summed E-state index contributed by atoms with van der Waals surface area (Å²) < 4.78 is 26.0. The van der Waals surface area contributed by atoms with Gasteiger partial charge in [-0.15, -0.1) is 0 Å². The van der Waals surface area contributed by atoms with Gasteiger partial charge >= 0.3 is 0 Å². The van der Waals surface area contributed by atoms with Crippen LogP contribution >= 0.6 is 15.9 Å². The van der Waals surface area contributed by atoms with Gasteiger partial charge in [0.25, 0.3) is 0 Å². The Balaban J connectivity index is 1.40. The van der Waals surface area contributed by atoms with Crippen molar-refractivity contribution in [3.05, 3.63) is 97.1 Å². The largest absolute Gasteiger partial charge is 0.507 e. The van der Waals surface area contributed by atoms with Gasteiger partial charge in [0.15, 0.2) is 15.9 Å². The molecule has 2 atom stereocenters. The van der Waals surface area contributed by atoms with Crippen LogP contribution in [0.1, 0.15) is 0 Å². The summed E-state index contributed by atoms with van der Waals surface area (Å²) in [4.78, 5) is 0. The van der Waals surface area contributed by atoms with Crippen molar-refractivity contribution in [2.75, 3.05) is 13.1 Å². The highest BCUT2D eigenvalue weighted by Gasteiger charge is 2.15. The van der Waals surface area contributed by atoms with Crippen LogP contribution in [0.2, 0.25) is 0 Å². The fourth-order valence-corrected chi connectivity index (χ4v) is 6.28. The normalized spacial score (nSPS) is 12.8. The summed E-state index contributed by atoms with van der Waals surface area (Å²) in [7, 11) is -4.71. The van der Waals surface area contributed by atoms with Crippen molar-refractivity contribution < 1.29 is 19.3 Å². The first-order valence-electron chi connectivity index (χ1n) is 10.9. The monoisotopic (exact) mass is 492 g/mol. The van der Waals surface area contributed by atoms with Gasteiger partial charge in [0, 0.05) is 34.8 Å². The van der Waals surface area contributed by atoms with E-state index in [1.54, 1.807) is 48.5 Å². The van der Waals surface area contributed by atoms with Gasteiger partial charge in [-0.1, -0.05) is 72.8 Å². The molecule has 0 saturated heterocycles. The topological polar surface area (TPSA) is 98.7 Å². The summed E-state index contributed by atoms with van der Waals surface area (Å²) in [6.07, 6.45) is 0. The Bertz CT molecular complexity index is 1240. The second kappa shape index (κ2) is 11.3. The van der Waals surface area contributed by atoms with Crippen LogP contribution in [0, 0.1) is 0 Å². The van der Waals surface area contributed by atoms with Crippen LogP contribution in [0.4, 0.5) is 0 Å². The first-order valence-corrected chi connectivity index (χ1v) is 13.7. The predicted octanol–water partition coefficient (Wildman–Crippen LogP) is 4.51. The molecule has 4 aromatic rings. The van der Waals surface area contributed by atoms with Gasteiger partial charge in [0.2, 0.25) is 0 Å². The molecular weight excluding hydrogens is 466 g/mol. The fourth-order valence-electron chi connectivity index (χ4n) is 3.78. The van der Waals surface area contributed by atoms with E-state index in [0.29, 0.717) is 34.8 Å². The first-order chi connectivity index (χ1) is 16.6. The van der Waals surface area contributed by atoms with E-state index in [9.17, 15) is 19.3 Å². The van der Waals surface area contributed by atoms with E-state index < -0.39 is 15.9 Å². The molecule has 0 aliphatic carbocycles. The molecule has 0 saturated carbocycles. The number of rotatable bonds is 9. The lowest BCUT2D eigenvalue weighted by atomic mass is 10.0. The summed E-state index contributed by atoms with van der Waals surface area (Å²) >= 11 is 0. The maximum Gasteiger partial charge on any atom is 0.165 e. The minimum atomic E-state index is -2.35. The van der Waals surface area contributed by atoms with E-state index in [1.165, 1.54) is 0 Å². The standard InChI is InChI=1S/C26H26N2O4P2/c29-23-13-5-1-9-19(23)21-11-3-7-15-25(21)33(31)27-17-18-28-34(32)26-16-8-4-12-22(26)20-10-2-6-14-24(20)30/h1-16,29-30,33-34H,17-18H2,(H,27,31)(H,28,32). The van der Waals surface area contributed by atoms with Gasteiger partial charge in [-0.05, 0) is 35.4 Å². The number of phenols is 2. The Morgan fingerprint density at radius 3 is 1.21 bits per heavy atom. The molecule has 4 rings (SSSR count). The second-order valence-electron chi connectivity index (χ2n) is 7.64. The highest BCUT2D eigenvalue weighted by Crippen LogP contribution is 2.32. The molecule has 0 fully saturated rings. The summed E-state index contributed by atoms with van der Waals surface area (Å²) in [5.74, 6) is 0.265. The third kappa shape index (κ3) is 5.49. The van der Waals surface area contributed by atoms with Crippen molar-refractivity contribution >= 4 is 26.5 Å². The molecule has 0 bridgehead atoms. The minimum absolute atomic E-state index is 0.133. The number of aromatic hydroxyl groups is 2. The summed E-state index contributed by atoms with van der Waals surface area (Å²) in [5, 5.41) is 27.7. The molecule has 34 heavy (non-hydrogen) atoms. The van der Waals surface area contributed by atoms with Crippen molar-refractivity contribution in [3.8, 4) is 33.8 Å². The van der Waals surface area contributed by atoms with E-state index >= 15 is 0 Å². The summed E-state index contributed by atoms with van der Waals surface area (Å²) in [5.41, 5.74) is 2.69. The Morgan fingerprint density at radius 2 is 0.824 bits per heavy atom. The molecule has 4 N–H and O–H groups in total. The molecule has 2 unspecified atom stereocenters. The van der Waals surface area contributed by atoms with Crippen LogP contribution in [0.15, 0.2) is 97.1 Å². The van der Waals surface area contributed by atoms with Crippen molar-refractivity contribution in [3.63, 3.8) is 0 Å². The second-order valence-corrected chi connectivity index (χ2v) is 10.7. The molecule has 0 spiro atoms. The van der Waals surface area contributed by atoms with E-state index in [-0.39, 0.29) is 11.5 Å². The molecule has 0 amide bonds. The maximum absolute atomic E-state index is 13.0. The summed E-state index contributed by atoms with van der Waals surface area (Å²) in [6, 6.07) is 28.5. The maximum atomic E-state index is 13.0. The highest BCUT2D eigenvalue weighted by molar-refractivity contribution is 7.52. The molecule has 0 aliphatic rings. The number of hydrogen-bond donors (Lipinski definition) is 4. The van der Waals surface area contributed by atoms with Crippen LogP contribution in [0.25, 0.3) is 22.3 Å². The van der Waals surface area contributed by atoms with Gasteiger partial charge < -0.3 is 19.3 Å². The predicted molar refractivity (Wildman–Crippen MR) is 140 cm³/mol.